The first-order valence-electron chi connectivity index (χ1n) is 12.0. The topological polar surface area (TPSA) is 124 Å². The molecule has 1 saturated heterocycles. The molecule has 0 unspecified atom stereocenters. The van der Waals surface area contributed by atoms with Gasteiger partial charge in [-0.2, -0.15) is 5.10 Å². The maximum atomic E-state index is 14.4. The molecule has 0 radical (unpaired) electrons. The smallest absolute Gasteiger partial charge is 0.274 e. The number of aromatic nitrogens is 4. The lowest BCUT2D eigenvalue weighted by Gasteiger charge is -2.39. The Bertz CT molecular complexity index is 1360. The molecule has 0 bridgehead atoms. The molecule has 3 aromatic rings. The number of amides is 2. The third kappa shape index (κ3) is 5.05. The highest BCUT2D eigenvalue weighted by molar-refractivity contribution is 6.31. The van der Waals surface area contributed by atoms with Crippen LogP contribution in [-0.2, 0) is 11.3 Å². The van der Waals surface area contributed by atoms with Crippen LogP contribution >= 0.6 is 11.6 Å². The van der Waals surface area contributed by atoms with E-state index in [-0.39, 0.29) is 40.6 Å². The van der Waals surface area contributed by atoms with Gasteiger partial charge in [0.25, 0.3) is 5.91 Å². The standard InChI is InChI=1S/C25H25ClF2N6O3/c1-13(35)19-7-16(18(28)11-30-19)20-8-21(33-32-20)24(37)34-5-2-14(9-25(34)3-4-25)23(36)31-12-22-17(26)6-15(27)10-29-22/h6-8,10-11,13-14,35H,2-5,9,12H2,1H3,(H,31,36)(H,32,33)/t13-,14+/m0/s1. The minimum atomic E-state index is -0.875. The first-order chi connectivity index (χ1) is 17.7. The molecule has 0 aromatic carbocycles. The zero-order chi connectivity index (χ0) is 26.3. The van der Waals surface area contributed by atoms with Gasteiger partial charge in [-0.15, -0.1) is 0 Å². The lowest BCUT2D eigenvalue weighted by molar-refractivity contribution is -0.127. The number of carbonyl (C=O) groups excluding carboxylic acids is 2. The summed E-state index contributed by atoms with van der Waals surface area (Å²) in [4.78, 5) is 35.8. The van der Waals surface area contributed by atoms with E-state index < -0.39 is 23.3 Å². The van der Waals surface area contributed by atoms with Gasteiger partial charge in [0.2, 0.25) is 5.91 Å². The summed E-state index contributed by atoms with van der Waals surface area (Å²) in [7, 11) is 0. The molecule has 4 heterocycles. The zero-order valence-corrected chi connectivity index (χ0v) is 20.7. The highest BCUT2D eigenvalue weighted by Gasteiger charge is 2.54. The highest BCUT2D eigenvalue weighted by Crippen LogP contribution is 2.50. The number of nitrogens with one attached hydrogen (secondary N) is 2. The molecule has 1 saturated carbocycles. The first-order valence-corrected chi connectivity index (χ1v) is 12.3. The first kappa shape index (κ1) is 25.2. The molecule has 9 nitrogen and oxygen atoms in total. The Morgan fingerprint density at radius 3 is 2.76 bits per heavy atom. The van der Waals surface area contributed by atoms with Gasteiger partial charge in [0.1, 0.15) is 5.82 Å². The van der Waals surface area contributed by atoms with Gasteiger partial charge >= 0.3 is 0 Å². The van der Waals surface area contributed by atoms with Crippen LogP contribution in [0, 0.1) is 17.6 Å². The van der Waals surface area contributed by atoms with Crippen molar-refractivity contribution in [1.82, 2.24) is 30.4 Å². The van der Waals surface area contributed by atoms with Crippen LogP contribution in [0.3, 0.4) is 0 Å². The maximum Gasteiger partial charge on any atom is 0.274 e. The van der Waals surface area contributed by atoms with Crippen LogP contribution < -0.4 is 5.32 Å². The summed E-state index contributed by atoms with van der Waals surface area (Å²) in [5.41, 5.74) is 0.876. The van der Waals surface area contributed by atoms with E-state index in [1.165, 1.54) is 19.1 Å². The summed E-state index contributed by atoms with van der Waals surface area (Å²) < 4.78 is 27.6. The molecule has 1 aliphatic carbocycles. The number of rotatable bonds is 6. The fourth-order valence-corrected chi connectivity index (χ4v) is 5.06. The lowest BCUT2D eigenvalue weighted by Crippen LogP contribution is -2.50. The van der Waals surface area contributed by atoms with Crippen molar-refractivity contribution in [2.45, 2.75) is 50.8 Å². The second kappa shape index (κ2) is 9.79. The minimum Gasteiger partial charge on any atom is -0.387 e. The molecule has 2 aliphatic rings. The Labute approximate surface area is 216 Å². The minimum absolute atomic E-state index is 0.0858. The number of nitrogens with zero attached hydrogens (tertiary/aromatic N) is 4. The quantitative estimate of drug-likeness (QED) is 0.448. The number of H-pyrrole nitrogens is 1. The van der Waals surface area contributed by atoms with Gasteiger partial charge in [-0.05, 0) is 50.8 Å². The Morgan fingerprint density at radius 2 is 2.05 bits per heavy atom. The second-order valence-corrected chi connectivity index (χ2v) is 10.0. The molecular formula is C25H25ClF2N6O3. The van der Waals surface area contributed by atoms with Crippen molar-refractivity contribution in [3.63, 3.8) is 0 Å². The molecule has 3 N–H and O–H groups in total. The van der Waals surface area contributed by atoms with Crippen LogP contribution in [0.1, 0.15) is 60.6 Å². The van der Waals surface area contributed by atoms with E-state index in [1.807, 2.05) is 0 Å². The normalized spacial score (nSPS) is 19.1. The van der Waals surface area contributed by atoms with Gasteiger partial charge in [-0.25, -0.2) is 8.78 Å². The molecule has 2 amide bonds. The van der Waals surface area contributed by atoms with E-state index in [0.29, 0.717) is 36.5 Å². The van der Waals surface area contributed by atoms with E-state index in [4.69, 9.17) is 11.6 Å². The van der Waals surface area contributed by atoms with Crippen molar-refractivity contribution in [2.24, 2.45) is 5.92 Å². The highest BCUT2D eigenvalue weighted by atomic mass is 35.5. The van der Waals surface area contributed by atoms with Crippen molar-refractivity contribution < 1.29 is 23.5 Å². The number of aliphatic hydroxyl groups is 1. The van der Waals surface area contributed by atoms with Crippen molar-refractivity contribution in [3.05, 3.63) is 64.3 Å². The fourth-order valence-electron chi connectivity index (χ4n) is 4.84. The number of pyridine rings is 2. The number of carbonyl (C=O) groups is 2. The van der Waals surface area contributed by atoms with E-state index in [1.54, 1.807) is 4.90 Å². The van der Waals surface area contributed by atoms with Gasteiger partial charge in [0.15, 0.2) is 11.5 Å². The van der Waals surface area contributed by atoms with E-state index in [9.17, 15) is 23.5 Å². The number of hydrogen-bond acceptors (Lipinski definition) is 6. The molecular weight excluding hydrogens is 506 g/mol. The van der Waals surface area contributed by atoms with Gasteiger partial charge in [0.05, 0.1) is 47.1 Å². The van der Waals surface area contributed by atoms with Crippen LogP contribution in [0.4, 0.5) is 8.78 Å². The summed E-state index contributed by atoms with van der Waals surface area (Å²) in [5.74, 6) is -1.89. The molecule has 2 atom stereocenters. The number of likely N-dealkylation sites (tertiary alicyclic amines) is 1. The summed E-state index contributed by atoms with van der Waals surface area (Å²) in [6.45, 7) is 1.99. The predicted octanol–water partition coefficient (Wildman–Crippen LogP) is 3.55. The molecule has 5 rings (SSSR count). The van der Waals surface area contributed by atoms with Crippen molar-refractivity contribution >= 4 is 23.4 Å². The Kier molecular flexibility index (Phi) is 6.67. The molecule has 12 heteroatoms. The van der Waals surface area contributed by atoms with Crippen LogP contribution in [0.25, 0.3) is 11.3 Å². The van der Waals surface area contributed by atoms with Gasteiger partial charge in [-0.1, -0.05) is 11.6 Å². The molecule has 2 fully saturated rings. The van der Waals surface area contributed by atoms with Crippen LogP contribution in [0.5, 0.6) is 0 Å². The van der Waals surface area contributed by atoms with Gasteiger partial charge in [-0.3, -0.25) is 24.7 Å². The third-order valence-corrected chi connectivity index (χ3v) is 7.38. The van der Waals surface area contributed by atoms with E-state index >= 15 is 0 Å². The molecule has 1 spiro atoms. The van der Waals surface area contributed by atoms with Crippen molar-refractivity contribution in [1.29, 1.82) is 0 Å². The Hall–Kier alpha value is -3.44. The number of aliphatic hydroxyl groups excluding tert-OH is 1. The number of piperidine rings is 1. The SMILES string of the molecule is C[C@H](O)c1cc(-c2cc(C(=O)N3CC[C@@H](C(=O)NCc4ncc(F)cc4Cl)CC34CC4)n[nH]2)c(F)cn1. The van der Waals surface area contributed by atoms with Gasteiger partial charge in [0, 0.05) is 23.6 Å². The molecule has 3 aromatic heterocycles. The summed E-state index contributed by atoms with van der Waals surface area (Å²) in [5, 5.41) is 19.6. The monoisotopic (exact) mass is 530 g/mol. The van der Waals surface area contributed by atoms with Crippen LogP contribution in [-0.4, -0.2) is 54.1 Å². The number of halogens is 3. The maximum absolute atomic E-state index is 14.4. The third-order valence-electron chi connectivity index (χ3n) is 7.05. The summed E-state index contributed by atoms with van der Waals surface area (Å²) in [6, 6.07) is 4.05. The van der Waals surface area contributed by atoms with Crippen molar-refractivity contribution in [2.75, 3.05) is 6.54 Å². The zero-order valence-electron chi connectivity index (χ0n) is 20.0. The Morgan fingerprint density at radius 1 is 1.27 bits per heavy atom. The van der Waals surface area contributed by atoms with Crippen LogP contribution in [0.15, 0.2) is 30.6 Å². The second-order valence-electron chi connectivity index (χ2n) is 9.60. The average Bonchev–Trinajstić information content (AvgIpc) is 3.44. The average molecular weight is 531 g/mol. The summed E-state index contributed by atoms with van der Waals surface area (Å²) >= 11 is 6.00. The number of aromatic amines is 1. The van der Waals surface area contributed by atoms with Crippen molar-refractivity contribution in [3.8, 4) is 11.3 Å². The predicted molar refractivity (Wildman–Crippen MR) is 129 cm³/mol. The Balaban J connectivity index is 1.25. The molecule has 37 heavy (non-hydrogen) atoms. The molecule has 194 valence electrons. The summed E-state index contributed by atoms with van der Waals surface area (Å²) in [6.07, 6.45) is 3.74. The fraction of sp³-hybridized carbons (Fsp3) is 0.400. The lowest BCUT2D eigenvalue weighted by atomic mass is 9.88. The van der Waals surface area contributed by atoms with E-state index in [0.717, 1.165) is 31.3 Å². The number of hydrogen-bond donors (Lipinski definition) is 3. The molecule has 1 aliphatic heterocycles. The van der Waals surface area contributed by atoms with Gasteiger partial charge < -0.3 is 15.3 Å². The largest absolute Gasteiger partial charge is 0.387 e. The van der Waals surface area contributed by atoms with E-state index in [2.05, 4.69) is 25.5 Å². The van der Waals surface area contributed by atoms with Crippen LogP contribution in [0.2, 0.25) is 5.02 Å².